The number of aryl methyl sites for hydroxylation is 1. The number of nitrogens with one attached hydrogen (secondary N) is 1. The molecule has 0 atom stereocenters. The zero-order chi connectivity index (χ0) is 13.4. The molecular formula is C13H12ClN5. The maximum atomic E-state index is 5.90. The maximum absolute atomic E-state index is 5.90. The van der Waals surface area contributed by atoms with Gasteiger partial charge in [-0.05, 0) is 24.6 Å². The molecule has 96 valence electrons. The summed E-state index contributed by atoms with van der Waals surface area (Å²) in [6.07, 6.45) is 1.77. The zero-order valence-electron chi connectivity index (χ0n) is 10.3. The minimum Gasteiger partial charge on any atom is -0.308 e. The van der Waals surface area contributed by atoms with Crippen LogP contribution in [0.15, 0.2) is 36.5 Å². The number of nitrogens with zero attached hydrogens (tertiary/aromatic N) is 3. The van der Waals surface area contributed by atoms with Gasteiger partial charge in [-0.15, -0.1) is 0 Å². The largest absolute Gasteiger partial charge is 0.308 e. The Hall–Kier alpha value is -2.11. The van der Waals surface area contributed by atoms with E-state index in [4.69, 9.17) is 17.4 Å². The number of hydrogen-bond donors (Lipinski definition) is 2. The molecule has 0 unspecified atom stereocenters. The molecule has 0 bridgehead atoms. The monoisotopic (exact) mass is 273 g/mol. The molecular weight excluding hydrogens is 262 g/mol. The van der Waals surface area contributed by atoms with Gasteiger partial charge in [-0.2, -0.15) is 9.61 Å². The van der Waals surface area contributed by atoms with E-state index in [0.29, 0.717) is 10.8 Å². The van der Waals surface area contributed by atoms with Gasteiger partial charge in [-0.1, -0.05) is 23.7 Å². The molecule has 0 fully saturated rings. The molecule has 0 aliphatic carbocycles. The van der Waals surface area contributed by atoms with Crippen LogP contribution in [0, 0.1) is 6.92 Å². The van der Waals surface area contributed by atoms with Crippen molar-refractivity contribution in [2.45, 2.75) is 6.92 Å². The number of nitrogens with two attached hydrogens (primary N) is 1. The van der Waals surface area contributed by atoms with Gasteiger partial charge in [-0.25, -0.2) is 10.8 Å². The van der Waals surface area contributed by atoms with Crippen LogP contribution in [0.4, 0.5) is 5.82 Å². The van der Waals surface area contributed by atoms with Gasteiger partial charge in [0.25, 0.3) is 0 Å². The SMILES string of the molecule is Cc1cc(NN)n2ncc(-c3ccc(Cl)cc3)c2n1. The Kier molecular flexibility index (Phi) is 2.85. The summed E-state index contributed by atoms with van der Waals surface area (Å²) in [5, 5.41) is 5.01. The second-order valence-electron chi connectivity index (χ2n) is 4.23. The number of hydrazine groups is 1. The Bertz CT molecular complexity index is 733. The van der Waals surface area contributed by atoms with E-state index in [1.807, 2.05) is 37.3 Å². The summed E-state index contributed by atoms with van der Waals surface area (Å²) in [5.74, 6) is 6.19. The van der Waals surface area contributed by atoms with Crippen molar-refractivity contribution in [3.8, 4) is 11.1 Å². The fourth-order valence-electron chi connectivity index (χ4n) is 2.02. The summed E-state index contributed by atoms with van der Waals surface area (Å²) < 4.78 is 1.68. The summed E-state index contributed by atoms with van der Waals surface area (Å²) in [6, 6.07) is 9.42. The van der Waals surface area contributed by atoms with E-state index in [2.05, 4.69) is 15.5 Å². The second-order valence-corrected chi connectivity index (χ2v) is 4.66. The van der Waals surface area contributed by atoms with Crippen molar-refractivity contribution >= 4 is 23.1 Å². The van der Waals surface area contributed by atoms with Crippen molar-refractivity contribution in [2.24, 2.45) is 5.84 Å². The van der Waals surface area contributed by atoms with Crippen LogP contribution in [-0.2, 0) is 0 Å². The lowest BCUT2D eigenvalue weighted by molar-refractivity contribution is 0.927. The highest BCUT2D eigenvalue weighted by Crippen LogP contribution is 2.26. The predicted molar refractivity (Wildman–Crippen MR) is 76.0 cm³/mol. The first-order chi connectivity index (χ1) is 9.19. The van der Waals surface area contributed by atoms with Crippen molar-refractivity contribution in [1.82, 2.24) is 14.6 Å². The van der Waals surface area contributed by atoms with Crippen LogP contribution in [0.2, 0.25) is 5.02 Å². The standard InChI is InChI=1S/C13H12ClN5/c1-8-6-12(18-15)19-13(17-8)11(7-16-19)9-2-4-10(14)5-3-9/h2-7,18H,15H2,1H3. The predicted octanol–water partition coefficient (Wildman–Crippen LogP) is 2.64. The molecule has 19 heavy (non-hydrogen) atoms. The van der Waals surface area contributed by atoms with Gasteiger partial charge in [0.2, 0.25) is 0 Å². The van der Waals surface area contributed by atoms with Crippen LogP contribution < -0.4 is 11.3 Å². The highest BCUT2D eigenvalue weighted by molar-refractivity contribution is 6.30. The first-order valence-corrected chi connectivity index (χ1v) is 6.15. The van der Waals surface area contributed by atoms with E-state index >= 15 is 0 Å². The van der Waals surface area contributed by atoms with Gasteiger partial charge in [-0.3, -0.25) is 0 Å². The fraction of sp³-hybridized carbons (Fsp3) is 0.0769. The number of fused-ring (bicyclic) bond motifs is 1. The third kappa shape index (κ3) is 2.03. The summed E-state index contributed by atoms with van der Waals surface area (Å²) in [4.78, 5) is 4.51. The van der Waals surface area contributed by atoms with E-state index in [0.717, 1.165) is 22.5 Å². The van der Waals surface area contributed by atoms with Crippen molar-refractivity contribution in [3.63, 3.8) is 0 Å². The maximum Gasteiger partial charge on any atom is 0.165 e. The van der Waals surface area contributed by atoms with E-state index in [-0.39, 0.29) is 0 Å². The number of hydrogen-bond acceptors (Lipinski definition) is 4. The van der Waals surface area contributed by atoms with E-state index in [1.54, 1.807) is 10.7 Å². The van der Waals surface area contributed by atoms with Crippen LogP contribution in [0.25, 0.3) is 16.8 Å². The van der Waals surface area contributed by atoms with E-state index in [1.165, 1.54) is 0 Å². The average Bonchev–Trinajstić information content (AvgIpc) is 2.82. The van der Waals surface area contributed by atoms with Crippen LogP contribution in [0.3, 0.4) is 0 Å². The normalized spacial score (nSPS) is 10.9. The van der Waals surface area contributed by atoms with Crippen molar-refractivity contribution in [1.29, 1.82) is 0 Å². The molecule has 0 aliphatic heterocycles. The van der Waals surface area contributed by atoms with Crippen LogP contribution >= 0.6 is 11.6 Å². The van der Waals surface area contributed by atoms with E-state index < -0.39 is 0 Å². The van der Waals surface area contributed by atoms with Crippen molar-refractivity contribution in [2.75, 3.05) is 5.43 Å². The molecule has 1 aromatic carbocycles. The molecule has 2 heterocycles. The second kappa shape index (κ2) is 4.53. The van der Waals surface area contributed by atoms with Gasteiger partial charge in [0.05, 0.1) is 6.20 Å². The van der Waals surface area contributed by atoms with Crippen molar-refractivity contribution < 1.29 is 0 Å². The molecule has 0 saturated heterocycles. The summed E-state index contributed by atoms with van der Waals surface area (Å²) in [5.41, 5.74) is 6.21. The highest BCUT2D eigenvalue weighted by Gasteiger charge is 2.11. The molecule has 0 aliphatic rings. The number of anilines is 1. The quantitative estimate of drug-likeness (QED) is 0.556. The Labute approximate surface area is 115 Å². The lowest BCUT2D eigenvalue weighted by atomic mass is 10.1. The topological polar surface area (TPSA) is 68.2 Å². The molecule has 0 spiro atoms. The lowest BCUT2D eigenvalue weighted by Crippen LogP contribution is -2.12. The molecule has 3 rings (SSSR count). The lowest BCUT2D eigenvalue weighted by Gasteiger charge is -2.05. The van der Waals surface area contributed by atoms with Crippen molar-refractivity contribution in [3.05, 3.63) is 47.2 Å². The molecule has 6 heteroatoms. The van der Waals surface area contributed by atoms with Crippen LogP contribution in [0.5, 0.6) is 0 Å². The number of aromatic nitrogens is 3. The third-order valence-corrected chi connectivity index (χ3v) is 3.15. The van der Waals surface area contributed by atoms with Gasteiger partial charge in [0.1, 0.15) is 5.82 Å². The van der Waals surface area contributed by atoms with Gasteiger partial charge in [0, 0.05) is 22.3 Å². The number of benzene rings is 1. The fourth-order valence-corrected chi connectivity index (χ4v) is 2.15. The van der Waals surface area contributed by atoms with Gasteiger partial charge < -0.3 is 5.43 Å². The highest BCUT2D eigenvalue weighted by atomic mass is 35.5. The van der Waals surface area contributed by atoms with Gasteiger partial charge in [0.15, 0.2) is 5.65 Å². The van der Waals surface area contributed by atoms with Crippen LogP contribution in [0.1, 0.15) is 5.69 Å². The summed E-state index contributed by atoms with van der Waals surface area (Å²) in [7, 11) is 0. The Balaban J connectivity index is 2.25. The Morgan fingerprint density at radius 3 is 2.68 bits per heavy atom. The van der Waals surface area contributed by atoms with Gasteiger partial charge >= 0.3 is 0 Å². The molecule has 3 aromatic rings. The Morgan fingerprint density at radius 1 is 1.26 bits per heavy atom. The molecule has 2 aromatic heterocycles. The zero-order valence-corrected chi connectivity index (χ0v) is 11.0. The first kappa shape index (κ1) is 12.0. The molecule has 0 saturated carbocycles. The summed E-state index contributed by atoms with van der Waals surface area (Å²) >= 11 is 5.90. The number of nitrogen functional groups attached to an aromatic ring is 1. The van der Waals surface area contributed by atoms with E-state index in [9.17, 15) is 0 Å². The molecule has 5 nitrogen and oxygen atoms in total. The third-order valence-electron chi connectivity index (χ3n) is 2.90. The minimum atomic E-state index is 0.697. The first-order valence-electron chi connectivity index (χ1n) is 5.77. The smallest absolute Gasteiger partial charge is 0.165 e. The minimum absolute atomic E-state index is 0.697. The molecule has 3 N–H and O–H groups in total. The molecule has 0 amide bonds. The number of halogens is 1. The van der Waals surface area contributed by atoms with Crippen LogP contribution in [-0.4, -0.2) is 14.6 Å². The average molecular weight is 274 g/mol. The number of rotatable bonds is 2. The summed E-state index contributed by atoms with van der Waals surface area (Å²) in [6.45, 7) is 1.92. The Morgan fingerprint density at radius 2 is 2.00 bits per heavy atom. The molecule has 0 radical (unpaired) electrons.